The van der Waals surface area contributed by atoms with Crippen LogP contribution in [0.5, 0.6) is 0 Å². The van der Waals surface area contributed by atoms with Gasteiger partial charge in [-0.05, 0) is 56.3 Å². The molecule has 2 fully saturated rings. The number of hydrogen-bond acceptors (Lipinski definition) is 3. The number of fused-ring (bicyclic) bond motifs is 2. The first-order valence-electron chi connectivity index (χ1n) is 6.87. The van der Waals surface area contributed by atoms with Crippen LogP contribution in [0.2, 0.25) is 0 Å². The molecule has 2 aliphatic carbocycles. The summed E-state index contributed by atoms with van der Waals surface area (Å²) in [4.78, 5) is 0. The van der Waals surface area contributed by atoms with E-state index in [1.165, 1.54) is 31.9 Å². The van der Waals surface area contributed by atoms with Gasteiger partial charge in [-0.2, -0.15) is 0 Å². The Bertz CT molecular complexity index is 352. The average Bonchev–Trinajstić information content (AvgIpc) is 2.76. The predicted molar refractivity (Wildman–Crippen MR) is 70.5 cm³/mol. The van der Waals surface area contributed by atoms with E-state index >= 15 is 0 Å². The molecule has 0 aromatic carbocycles. The summed E-state index contributed by atoms with van der Waals surface area (Å²) in [5, 5.41) is 0. The summed E-state index contributed by atoms with van der Waals surface area (Å²) in [6.07, 6.45) is 9.65. The third-order valence-corrected chi connectivity index (χ3v) is 5.61. The normalized spacial score (nSPS) is 34.1. The minimum Gasteiger partial charge on any atom is -0.328 e. The van der Waals surface area contributed by atoms with Crippen molar-refractivity contribution in [2.45, 2.75) is 51.0 Å². The van der Waals surface area contributed by atoms with Crippen molar-refractivity contribution in [2.75, 3.05) is 12.0 Å². The lowest BCUT2D eigenvalue weighted by Crippen LogP contribution is -2.26. The van der Waals surface area contributed by atoms with E-state index < -0.39 is 9.84 Å². The zero-order valence-electron chi connectivity index (χ0n) is 10.8. The summed E-state index contributed by atoms with van der Waals surface area (Å²) in [6.45, 7) is 0. The van der Waals surface area contributed by atoms with Crippen LogP contribution in [-0.4, -0.2) is 26.5 Å². The van der Waals surface area contributed by atoms with Crippen LogP contribution in [0.3, 0.4) is 0 Å². The van der Waals surface area contributed by atoms with E-state index in [0.29, 0.717) is 0 Å². The van der Waals surface area contributed by atoms with E-state index in [2.05, 4.69) is 0 Å². The highest BCUT2D eigenvalue weighted by molar-refractivity contribution is 7.90. The molecule has 0 heterocycles. The standard InChI is InChI=1S/C13H25NO2S/c1-17(15,16)6-2-3-13(14)9-12-8-10-4-5-11(12)7-10/h10-13H,2-9,14H2,1H3. The van der Waals surface area contributed by atoms with Crippen LogP contribution in [0.4, 0.5) is 0 Å². The lowest BCUT2D eigenvalue weighted by molar-refractivity contribution is 0.290. The highest BCUT2D eigenvalue weighted by Gasteiger charge is 2.39. The van der Waals surface area contributed by atoms with Gasteiger partial charge in [-0.15, -0.1) is 0 Å². The van der Waals surface area contributed by atoms with E-state index in [-0.39, 0.29) is 11.8 Å². The summed E-state index contributed by atoms with van der Waals surface area (Å²) in [6, 6.07) is 0.209. The maximum atomic E-state index is 11.0. The molecule has 2 aliphatic rings. The second kappa shape index (κ2) is 5.27. The first-order chi connectivity index (χ1) is 7.94. The summed E-state index contributed by atoms with van der Waals surface area (Å²) in [5.41, 5.74) is 6.12. The lowest BCUT2D eigenvalue weighted by Gasteiger charge is -2.24. The van der Waals surface area contributed by atoms with Crippen LogP contribution < -0.4 is 5.73 Å². The quantitative estimate of drug-likeness (QED) is 0.793. The molecule has 2 rings (SSSR count). The van der Waals surface area contributed by atoms with Crippen LogP contribution in [0.1, 0.15) is 44.9 Å². The Balaban J connectivity index is 1.66. The third kappa shape index (κ3) is 3.95. The first kappa shape index (κ1) is 13.3. The van der Waals surface area contributed by atoms with Crippen molar-refractivity contribution in [1.82, 2.24) is 0 Å². The lowest BCUT2D eigenvalue weighted by atomic mass is 9.83. The van der Waals surface area contributed by atoms with Crippen molar-refractivity contribution < 1.29 is 8.42 Å². The van der Waals surface area contributed by atoms with Crippen molar-refractivity contribution in [3.8, 4) is 0 Å². The molecule has 3 nitrogen and oxygen atoms in total. The van der Waals surface area contributed by atoms with Gasteiger partial charge >= 0.3 is 0 Å². The Labute approximate surface area is 105 Å². The number of nitrogens with two attached hydrogens (primary N) is 1. The monoisotopic (exact) mass is 259 g/mol. The molecular weight excluding hydrogens is 234 g/mol. The molecule has 0 spiro atoms. The van der Waals surface area contributed by atoms with Crippen LogP contribution in [0.25, 0.3) is 0 Å². The van der Waals surface area contributed by atoms with Crippen LogP contribution in [0.15, 0.2) is 0 Å². The Morgan fingerprint density at radius 1 is 1.29 bits per heavy atom. The fraction of sp³-hybridized carbons (Fsp3) is 1.00. The number of sulfone groups is 1. The molecule has 4 heteroatoms. The zero-order chi connectivity index (χ0) is 12.5. The number of rotatable bonds is 6. The van der Waals surface area contributed by atoms with Gasteiger partial charge in [0.1, 0.15) is 9.84 Å². The van der Waals surface area contributed by atoms with Crippen LogP contribution >= 0.6 is 0 Å². The van der Waals surface area contributed by atoms with Crippen LogP contribution in [-0.2, 0) is 9.84 Å². The minimum atomic E-state index is -2.81. The van der Waals surface area contributed by atoms with Gasteiger partial charge in [0.2, 0.25) is 0 Å². The molecule has 0 radical (unpaired) electrons. The summed E-state index contributed by atoms with van der Waals surface area (Å²) in [7, 11) is -2.81. The third-order valence-electron chi connectivity index (χ3n) is 4.58. The van der Waals surface area contributed by atoms with E-state index in [4.69, 9.17) is 5.73 Å². The molecule has 4 atom stereocenters. The SMILES string of the molecule is CS(=O)(=O)CCCC(N)CC1CC2CCC1C2. The molecule has 0 aromatic heterocycles. The molecule has 0 aromatic rings. The molecule has 0 saturated heterocycles. The number of hydrogen-bond donors (Lipinski definition) is 1. The molecule has 100 valence electrons. The fourth-order valence-corrected chi connectivity index (χ4v) is 4.47. The van der Waals surface area contributed by atoms with Gasteiger partial charge in [-0.1, -0.05) is 6.42 Å². The summed E-state index contributed by atoms with van der Waals surface area (Å²) < 4.78 is 22.0. The second-order valence-corrected chi connectivity index (χ2v) is 8.46. The largest absolute Gasteiger partial charge is 0.328 e. The van der Waals surface area contributed by atoms with Gasteiger partial charge in [-0.3, -0.25) is 0 Å². The Morgan fingerprint density at radius 3 is 2.59 bits per heavy atom. The van der Waals surface area contributed by atoms with Crippen molar-refractivity contribution in [3.63, 3.8) is 0 Å². The molecule has 17 heavy (non-hydrogen) atoms. The van der Waals surface area contributed by atoms with Gasteiger partial charge in [0, 0.05) is 18.1 Å². The average molecular weight is 259 g/mol. The maximum Gasteiger partial charge on any atom is 0.147 e. The molecule has 2 saturated carbocycles. The van der Waals surface area contributed by atoms with Gasteiger partial charge in [0.25, 0.3) is 0 Å². The van der Waals surface area contributed by atoms with Crippen molar-refractivity contribution in [2.24, 2.45) is 23.5 Å². The van der Waals surface area contributed by atoms with Crippen molar-refractivity contribution in [1.29, 1.82) is 0 Å². The van der Waals surface area contributed by atoms with Crippen molar-refractivity contribution in [3.05, 3.63) is 0 Å². The minimum absolute atomic E-state index is 0.209. The Kier molecular flexibility index (Phi) is 4.14. The summed E-state index contributed by atoms with van der Waals surface area (Å²) in [5.74, 6) is 3.04. The fourth-order valence-electron chi connectivity index (χ4n) is 3.78. The first-order valence-corrected chi connectivity index (χ1v) is 8.93. The molecular formula is C13H25NO2S. The second-order valence-electron chi connectivity index (χ2n) is 6.20. The highest BCUT2D eigenvalue weighted by Crippen LogP contribution is 2.49. The molecule has 0 aliphatic heterocycles. The van der Waals surface area contributed by atoms with Gasteiger partial charge < -0.3 is 5.73 Å². The smallest absolute Gasteiger partial charge is 0.147 e. The summed E-state index contributed by atoms with van der Waals surface area (Å²) >= 11 is 0. The van der Waals surface area contributed by atoms with E-state index in [9.17, 15) is 8.42 Å². The van der Waals surface area contributed by atoms with Gasteiger partial charge in [0.15, 0.2) is 0 Å². The predicted octanol–water partition coefficient (Wildman–Crippen LogP) is 1.96. The van der Waals surface area contributed by atoms with E-state index in [1.807, 2.05) is 0 Å². The Morgan fingerprint density at radius 2 is 2.06 bits per heavy atom. The Hall–Kier alpha value is -0.0900. The van der Waals surface area contributed by atoms with Crippen LogP contribution in [0, 0.1) is 17.8 Å². The van der Waals surface area contributed by atoms with Gasteiger partial charge in [0.05, 0.1) is 0 Å². The molecule has 0 amide bonds. The highest BCUT2D eigenvalue weighted by atomic mass is 32.2. The zero-order valence-corrected chi connectivity index (χ0v) is 11.6. The molecule has 2 bridgehead atoms. The maximum absolute atomic E-state index is 11.0. The molecule has 2 N–H and O–H groups in total. The van der Waals surface area contributed by atoms with Gasteiger partial charge in [-0.25, -0.2) is 8.42 Å². The topological polar surface area (TPSA) is 60.2 Å². The van der Waals surface area contributed by atoms with Crippen molar-refractivity contribution >= 4 is 9.84 Å². The van der Waals surface area contributed by atoms with E-state index in [0.717, 1.165) is 37.0 Å². The molecule has 4 unspecified atom stereocenters. The van der Waals surface area contributed by atoms with E-state index in [1.54, 1.807) is 0 Å².